The summed E-state index contributed by atoms with van der Waals surface area (Å²) in [6.45, 7) is 7.97. The fraction of sp³-hybridized carbons (Fsp3) is 0.443. The lowest BCUT2D eigenvalue weighted by atomic mass is 9.44. The van der Waals surface area contributed by atoms with Gasteiger partial charge in [-0.3, -0.25) is 38.5 Å². The smallest absolute Gasteiger partial charge is 0.338 e. The van der Waals surface area contributed by atoms with Crippen LogP contribution in [0.4, 0.5) is 5.69 Å². The molecular weight excluding hydrogens is 1230 g/mol. The van der Waals surface area contributed by atoms with Crippen LogP contribution in [0.25, 0.3) is 0 Å². The quantitative estimate of drug-likeness (QED) is 0.0396. The van der Waals surface area contributed by atoms with E-state index in [0.717, 1.165) is 19.5 Å². The van der Waals surface area contributed by atoms with Gasteiger partial charge in [0.1, 0.15) is 46.8 Å². The largest absolute Gasteiger partial charge is 0.510 e. The number of Topliss-reactive ketones (excluding diaryl/α,β-unsaturated/α-hetero) is 3. The highest BCUT2D eigenvalue weighted by Crippen LogP contribution is 2.65. The summed E-state index contributed by atoms with van der Waals surface area (Å²) in [5.74, 6) is -13.4. The Kier molecular flexibility index (Phi) is 18.3. The molecule has 4 aromatic carbocycles. The minimum absolute atomic E-state index is 0.00184. The van der Waals surface area contributed by atoms with Crippen LogP contribution in [0, 0.1) is 28.6 Å². The van der Waals surface area contributed by atoms with Gasteiger partial charge in [0.25, 0.3) is 11.8 Å². The lowest BCUT2D eigenvalue weighted by Crippen LogP contribution is -2.82. The molecule has 11 rings (SSSR count). The summed E-state index contributed by atoms with van der Waals surface area (Å²) in [5, 5.41) is 84.2. The number of likely N-dealkylation sites (N-methyl/N-ethyl adjacent to an activating group) is 1. The minimum Gasteiger partial charge on any atom is -0.510 e. The van der Waals surface area contributed by atoms with Crippen LogP contribution in [0.3, 0.4) is 0 Å². The lowest BCUT2D eigenvalue weighted by Gasteiger charge is -2.67. The lowest BCUT2D eigenvalue weighted by molar-refractivity contribution is -0.346. The van der Waals surface area contributed by atoms with Crippen LogP contribution >= 0.6 is 0 Å². The van der Waals surface area contributed by atoms with E-state index in [-0.39, 0.29) is 65.0 Å². The number of aromatic hydroxyl groups is 1. The molecule has 95 heavy (non-hydrogen) atoms. The maximum Gasteiger partial charge on any atom is 0.338 e. The number of nitrogens with two attached hydrogens (primary N) is 1. The maximum atomic E-state index is 15.5. The van der Waals surface area contributed by atoms with Crippen molar-refractivity contribution in [1.82, 2.24) is 10.2 Å². The van der Waals surface area contributed by atoms with Gasteiger partial charge in [0.15, 0.2) is 35.0 Å². The molecule has 25 heteroatoms. The topological polar surface area (TPSA) is 386 Å². The second-order valence-electron chi connectivity index (χ2n) is 26.7. The number of aliphatic hydroxyl groups excluding tert-OH is 4. The van der Waals surface area contributed by atoms with Crippen molar-refractivity contribution in [1.29, 1.82) is 0 Å². The van der Waals surface area contributed by atoms with Gasteiger partial charge in [-0.05, 0) is 105 Å². The summed E-state index contributed by atoms with van der Waals surface area (Å²) in [4.78, 5) is 125. The minimum atomic E-state index is -2.63. The zero-order valence-electron chi connectivity index (χ0n) is 54.0. The molecule has 0 spiro atoms. The molecule has 0 aromatic heterocycles. The van der Waals surface area contributed by atoms with Gasteiger partial charge in [0.2, 0.25) is 5.78 Å². The van der Waals surface area contributed by atoms with Gasteiger partial charge in [-0.2, -0.15) is 0 Å². The summed E-state index contributed by atoms with van der Waals surface area (Å²) in [6, 6.07) is 25.0. The number of carbonyl (C=O) groups excluding carboxylic acids is 9. The van der Waals surface area contributed by atoms with Gasteiger partial charge in [-0.1, -0.05) is 80.6 Å². The number of rotatable bonds is 13. The van der Waals surface area contributed by atoms with Gasteiger partial charge < -0.3 is 75.4 Å². The molecule has 2 bridgehead atoms. The summed E-state index contributed by atoms with van der Waals surface area (Å²) >= 11 is 0. The third kappa shape index (κ3) is 11.1. The molecule has 1 saturated heterocycles. The number of phenolic OH excluding ortho intramolecular Hbond substituents is 1. The molecule has 4 aromatic rings. The predicted octanol–water partition coefficient (Wildman–Crippen LogP) is 3.92. The maximum absolute atomic E-state index is 15.5. The molecular formula is C70H78N4O21. The average Bonchev–Trinajstić information content (AvgIpc) is 0.671. The SMILES string of the molecule is CC(=O)O[C@H]1C(=O)[C@@]2(C)[C@H]([C@H](OC(=O)c3ccccc3)[C@]3(O)C[C@H](OC(=O)[C@H](O)[C@@H](NC(=O)c4ccccc4)c4ccccc4)C(C)=C1C3(C)C)[C@]1(OC(C)=O)CO[C@@H]1C[C@@H]2O.CN(C)c1ccc(O)c2c1C[C@H]1C[C@H]3[C@H](N(C)C)C(O)=C(C(N)=O)C(=O)[C@@]3(O)C(O)=C1C2=O. The van der Waals surface area contributed by atoms with Crippen molar-refractivity contribution in [3.8, 4) is 5.75 Å². The number of hydrogen-bond acceptors (Lipinski definition) is 23. The Balaban J connectivity index is 0.000000250. The molecule has 25 nitrogen and oxygen atoms in total. The Bertz CT molecular complexity index is 3920. The third-order valence-electron chi connectivity index (χ3n) is 20.5. The number of esters is 4. The van der Waals surface area contributed by atoms with Crippen LogP contribution in [0.5, 0.6) is 5.75 Å². The molecule has 2 amide bonds. The normalized spacial score (nSPS) is 30.9. The van der Waals surface area contributed by atoms with Gasteiger partial charge in [0, 0.05) is 68.9 Å². The highest BCUT2D eigenvalue weighted by Gasteiger charge is 2.78. The van der Waals surface area contributed by atoms with Crippen LogP contribution in [-0.2, 0) is 58.9 Å². The van der Waals surface area contributed by atoms with Gasteiger partial charge in [-0.15, -0.1) is 0 Å². The number of anilines is 1. The number of amides is 2. The van der Waals surface area contributed by atoms with Crippen LogP contribution in [0.1, 0.15) is 109 Å². The van der Waals surface area contributed by atoms with E-state index in [1.165, 1.54) is 36.9 Å². The van der Waals surface area contributed by atoms with E-state index in [1.807, 2.05) is 0 Å². The zero-order valence-corrected chi connectivity index (χ0v) is 54.0. The predicted molar refractivity (Wildman–Crippen MR) is 336 cm³/mol. The number of nitrogens with zero attached hydrogens (tertiary/aromatic N) is 2. The average molecular weight is 1310 g/mol. The second kappa shape index (κ2) is 25.2. The highest BCUT2D eigenvalue weighted by atomic mass is 16.6. The molecule has 15 atom stereocenters. The Hall–Kier alpha value is -9.11. The van der Waals surface area contributed by atoms with Crippen molar-refractivity contribution in [2.45, 2.75) is 133 Å². The molecule has 3 fully saturated rings. The Labute approximate surface area is 546 Å². The molecule has 1 heterocycles. The zero-order chi connectivity index (χ0) is 69.5. The van der Waals surface area contributed by atoms with Gasteiger partial charge in [-0.25, -0.2) is 9.59 Å². The van der Waals surface area contributed by atoms with Gasteiger partial charge in [0.05, 0.1) is 47.3 Å². The number of nitrogens with one attached hydrogen (secondary N) is 1. The summed E-state index contributed by atoms with van der Waals surface area (Å²) in [7, 11) is 6.79. The number of ether oxygens (including phenoxy) is 5. The number of ketones is 3. The van der Waals surface area contributed by atoms with E-state index in [1.54, 1.807) is 132 Å². The Morgan fingerprint density at radius 2 is 1.38 bits per heavy atom. The highest BCUT2D eigenvalue weighted by molar-refractivity contribution is 6.25. The number of carbonyl (C=O) groups is 9. The summed E-state index contributed by atoms with van der Waals surface area (Å²) in [6.07, 6.45) is -10.2. The van der Waals surface area contributed by atoms with Crippen molar-refractivity contribution in [3.63, 3.8) is 0 Å². The summed E-state index contributed by atoms with van der Waals surface area (Å²) < 4.78 is 30.3. The molecule has 0 radical (unpaired) electrons. The molecule has 0 unspecified atom stereocenters. The van der Waals surface area contributed by atoms with Gasteiger partial charge >= 0.3 is 23.9 Å². The first-order chi connectivity index (χ1) is 44.6. The van der Waals surface area contributed by atoms with Crippen LogP contribution in [0.15, 0.2) is 137 Å². The second-order valence-corrected chi connectivity index (χ2v) is 26.7. The van der Waals surface area contributed by atoms with E-state index in [9.17, 15) is 74.1 Å². The van der Waals surface area contributed by atoms with Crippen molar-refractivity contribution in [2.24, 2.45) is 34.3 Å². The van der Waals surface area contributed by atoms with Crippen LogP contribution < -0.4 is 16.0 Å². The number of allylic oxidation sites excluding steroid dienone is 1. The fourth-order valence-electron chi connectivity index (χ4n) is 15.8. The fourth-order valence-corrected chi connectivity index (χ4v) is 15.8. The number of benzene rings is 4. The monoisotopic (exact) mass is 1310 g/mol. The van der Waals surface area contributed by atoms with Crippen LogP contribution in [-0.4, -0.2) is 188 Å². The molecule has 7 aliphatic rings. The van der Waals surface area contributed by atoms with E-state index in [2.05, 4.69) is 5.32 Å². The van der Waals surface area contributed by atoms with E-state index in [4.69, 9.17) is 29.4 Å². The number of phenols is 1. The van der Waals surface area contributed by atoms with Crippen molar-refractivity contribution in [2.75, 3.05) is 39.7 Å². The molecule has 10 N–H and O–H groups in total. The summed E-state index contributed by atoms with van der Waals surface area (Å²) in [5.41, 5.74) is -4.00. The Morgan fingerprint density at radius 1 is 0.779 bits per heavy atom. The first-order valence-electron chi connectivity index (χ1n) is 31.0. The number of fused-ring (bicyclic) bond motifs is 8. The number of aliphatic hydroxyl groups is 6. The third-order valence-corrected chi connectivity index (χ3v) is 20.5. The first-order valence-corrected chi connectivity index (χ1v) is 31.0. The molecule has 2 saturated carbocycles. The number of hydrogen-bond donors (Lipinski definition) is 9. The van der Waals surface area contributed by atoms with E-state index < -0.39 is 171 Å². The Morgan fingerprint density at radius 3 is 1.93 bits per heavy atom. The molecule has 504 valence electrons. The number of primary amides is 1. The standard InChI is InChI=1S/C47H51NO14.C23H27N3O7/c1-25-31(60-43(56)36(52)35(28-16-10-7-11-17-28)48-41(54)29-18-12-8-13-19-29)23-47(57)40(61-42(55)30-20-14-9-15-21-30)38-45(6,32(51)22-33-46(38,24-58-33)62-27(3)50)39(53)37(59-26(2)49)34(25)44(47,4)5;1-25(2)12-5-6-13(27)15-10(12)7-9-8-11-17(26(3)4)19(29)16(22(24)32)21(31)23(11,33)20(30)14(9)18(15)28/h7-21,31-33,35-38,40,51-52,57H,22-24H2,1-6H3,(H,48,54);5-6,9,11,17,27,29-30,33H,7-8H2,1-4H3,(H2,24,32)/t31-,32-,33+,35-,36+,37+,38-,40-,45+,46-,47+;9-,11-,17-,23-/m00/s1. The van der Waals surface area contributed by atoms with E-state index >= 15 is 4.79 Å². The van der Waals surface area contributed by atoms with Crippen molar-refractivity contribution in [3.05, 3.63) is 165 Å². The van der Waals surface area contributed by atoms with Crippen molar-refractivity contribution >= 4 is 58.7 Å². The van der Waals surface area contributed by atoms with E-state index in [0.29, 0.717) is 11.1 Å². The molecule has 1 aliphatic heterocycles. The van der Waals surface area contributed by atoms with Crippen molar-refractivity contribution < 1.29 is 103 Å². The molecule has 6 aliphatic carbocycles. The first kappa shape index (κ1) is 68.7. The van der Waals surface area contributed by atoms with Crippen LogP contribution in [0.2, 0.25) is 0 Å².